The molecule has 1 heterocycles. The minimum Gasteiger partial charge on any atom is -0.465 e. The highest BCUT2D eigenvalue weighted by atomic mass is 35.5. The number of hydrogen-bond acceptors (Lipinski definition) is 6. The van der Waals surface area contributed by atoms with Crippen LogP contribution in [-0.2, 0) is 4.74 Å². The van der Waals surface area contributed by atoms with Crippen LogP contribution in [0, 0.1) is 17.0 Å². The maximum Gasteiger partial charge on any atom is 0.349 e. The van der Waals surface area contributed by atoms with Crippen LogP contribution in [0.1, 0.15) is 15.2 Å². The molecule has 10 heteroatoms. The summed E-state index contributed by atoms with van der Waals surface area (Å²) in [5.74, 6) is -0.496. The third kappa shape index (κ3) is 4.06. The summed E-state index contributed by atoms with van der Waals surface area (Å²) in [4.78, 5) is 22.9. The number of anilines is 2. The summed E-state index contributed by atoms with van der Waals surface area (Å²) in [6.07, 6.45) is 0. The lowest BCUT2D eigenvalue weighted by atomic mass is 10.2. The molecule has 0 amide bonds. The van der Waals surface area contributed by atoms with E-state index in [1.165, 1.54) is 24.5 Å². The van der Waals surface area contributed by atoms with Crippen molar-refractivity contribution in [1.29, 1.82) is 0 Å². The highest BCUT2D eigenvalue weighted by Gasteiger charge is 2.18. The molecule has 0 aliphatic rings. The molecule has 3 aromatic rings. The molecule has 0 atom stereocenters. The molecule has 0 saturated heterocycles. The molecule has 0 aliphatic carbocycles. The molecular weight excluding hydrogens is 422 g/mol. The lowest BCUT2D eigenvalue weighted by molar-refractivity contribution is -0.383. The summed E-state index contributed by atoms with van der Waals surface area (Å²) >= 11 is 12.7. The topological polar surface area (TPSA) is 93.5 Å². The SMILES string of the molecule is COC(=O)c1sc2cc(NC(=S)Nc3ccc(C)cc3[N+](=O)[O-])ccc2c1Cl. The number of nitrogens with one attached hydrogen (secondary N) is 2. The molecule has 28 heavy (non-hydrogen) atoms. The molecule has 1 aromatic heterocycles. The zero-order valence-electron chi connectivity index (χ0n) is 14.7. The van der Waals surface area contributed by atoms with Gasteiger partial charge in [0.2, 0.25) is 0 Å². The fourth-order valence-corrected chi connectivity index (χ4v) is 4.24. The van der Waals surface area contributed by atoms with E-state index in [-0.39, 0.29) is 10.8 Å². The van der Waals surface area contributed by atoms with Crippen molar-refractivity contribution >= 4 is 73.4 Å². The molecule has 0 aliphatic heterocycles. The number of carbonyl (C=O) groups excluding carboxylic acids is 1. The molecule has 7 nitrogen and oxygen atoms in total. The number of ether oxygens (including phenoxy) is 1. The van der Waals surface area contributed by atoms with Gasteiger partial charge in [0.05, 0.1) is 17.1 Å². The number of halogens is 1. The van der Waals surface area contributed by atoms with Gasteiger partial charge in [-0.3, -0.25) is 10.1 Å². The lowest BCUT2D eigenvalue weighted by Crippen LogP contribution is -2.19. The Kier molecular flexibility index (Phi) is 5.78. The van der Waals surface area contributed by atoms with Gasteiger partial charge >= 0.3 is 5.97 Å². The van der Waals surface area contributed by atoms with Gasteiger partial charge in [0.25, 0.3) is 5.69 Å². The van der Waals surface area contributed by atoms with Gasteiger partial charge in [0.15, 0.2) is 5.11 Å². The van der Waals surface area contributed by atoms with Crippen LogP contribution in [-0.4, -0.2) is 23.1 Å². The van der Waals surface area contributed by atoms with Gasteiger partial charge in [-0.1, -0.05) is 17.7 Å². The predicted octanol–water partition coefficient (Wildman–Crippen LogP) is 5.37. The second-order valence-electron chi connectivity index (χ2n) is 5.80. The fourth-order valence-electron chi connectivity index (χ4n) is 2.55. The number of nitrogens with zero attached hydrogens (tertiary/aromatic N) is 1. The van der Waals surface area contributed by atoms with Crippen molar-refractivity contribution in [3.8, 4) is 0 Å². The number of benzene rings is 2. The van der Waals surface area contributed by atoms with Crippen molar-refractivity contribution in [2.24, 2.45) is 0 Å². The highest BCUT2D eigenvalue weighted by molar-refractivity contribution is 7.80. The number of hydrogen-bond donors (Lipinski definition) is 2. The van der Waals surface area contributed by atoms with E-state index in [1.54, 1.807) is 37.3 Å². The van der Waals surface area contributed by atoms with E-state index in [2.05, 4.69) is 10.6 Å². The summed E-state index contributed by atoms with van der Waals surface area (Å²) in [6, 6.07) is 10.1. The Hall–Kier alpha value is -2.75. The van der Waals surface area contributed by atoms with E-state index in [4.69, 9.17) is 28.6 Å². The number of nitro groups is 1. The first kappa shape index (κ1) is 20.0. The zero-order valence-corrected chi connectivity index (χ0v) is 17.1. The number of esters is 1. The molecule has 0 unspecified atom stereocenters. The zero-order chi connectivity index (χ0) is 20.4. The molecule has 0 bridgehead atoms. The van der Waals surface area contributed by atoms with Crippen molar-refractivity contribution in [3.63, 3.8) is 0 Å². The van der Waals surface area contributed by atoms with Crippen LogP contribution >= 0.6 is 35.2 Å². The Morgan fingerprint density at radius 1 is 1.25 bits per heavy atom. The maximum absolute atomic E-state index is 11.8. The normalized spacial score (nSPS) is 10.5. The number of carbonyl (C=O) groups is 1. The first-order chi connectivity index (χ1) is 13.3. The minimum absolute atomic E-state index is 0.0626. The fraction of sp³-hybridized carbons (Fsp3) is 0.111. The maximum atomic E-state index is 11.8. The Morgan fingerprint density at radius 3 is 2.68 bits per heavy atom. The van der Waals surface area contributed by atoms with Crippen molar-refractivity contribution in [1.82, 2.24) is 0 Å². The molecule has 3 rings (SSSR count). The monoisotopic (exact) mass is 435 g/mol. The van der Waals surface area contributed by atoms with E-state index < -0.39 is 10.9 Å². The molecule has 0 spiro atoms. The van der Waals surface area contributed by atoms with Crippen molar-refractivity contribution < 1.29 is 14.5 Å². The lowest BCUT2D eigenvalue weighted by Gasteiger charge is -2.11. The smallest absolute Gasteiger partial charge is 0.349 e. The number of thiophene rings is 1. The second kappa shape index (κ2) is 8.09. The standard InChI is InChI=1S/C18H14ClN3O4S2/c1-9-3-6-12(13(7-9)22(24)25)21-18(27)20-10-4-5-11-14(8-10)28-16(15(11)19)17(23)26-2/h3-8H,1-2H3,(H2,20,21,27). The van der Waals surface area contributed by atoms with Crippen molar-refractivity contribution in [2.45, 2.75) is 6.92 Å². The van der Waals surface area contributed by atoms with Gasteiger partial charge < -0.3 is 15.4 Å². The first-order valence-electron chi connectivity index (χ1n) is 7.93. The predicted molar refractivity (Wildman–Crippen MR) is 116 cm³/mol. The number of rotatable bonds is 4. The third-order valence-electron chi connectivity index (χ3n) is 3.86. The van der Waals surface area contributed by atoms with Crippen LogP contribution < -0.4 is 10.6 Å². The quantitative estimate of drug-likeness (QED) is 0.246. The van der Waals surface area contributed by atoms with Crippen molar-refractivity contribution in [3.05, 3.63) is 62.0 Å². The summed E-state index contributed by atoms with van der Waals surface area (Å²) in [7, 11) is 1.30. The summed E-state index contributed by atoms with van der Waals surface area (Å²) in [5.41, 5.74) is 1.65. The van der Waals surface area contributed by atoms with E-state index in [9.17, 15) is 14.9 Å². The Balaban J connectivity index is 1.82. The molecule has 2 aromatic carbocycles. The number of nitro benzene ring substituents is 1. The van der Waals surface area contributed by atoms with Gasteiger partial charge in [-0.2, -0.15) is 0 Å². The van der Waals surface area contributed by atoms with Gasteiger partial charge in [0, 0.05) is 21.8 Å². The Bertz CT molecular complexity index is 1110. The molecular formula is C18H14ClN3O4S2. The van der Waals surface area contributed by atoms with Crippen LogP contribution in [0.15, 0.2) is 36.4 Å². The number of methoxy groups -OCH3 is 1. The van der Waals surface area contributed by atoms with Gasteiger partial charge in [0.1, 0.15) is 10.6 Å². The van der Waals surface area contributed by atoms with Crippen molar-refractivity contribution in [2.75, 3.05) is 17.7 Å². The largest absolute Gasteiger partial charge is 0.465 e. The number of thiocarbonyl (C=S) groups is 1. The van der Waals surface area contributed by atoms with Gasteiger partial charge in [-0.25, -0.2) is 4.79 Å². The van der Waals surface area contributed by atoms with E-state index in [1.807, 2.05) is 0 Å². The number of aryl methyl sites for hydroxylation is 1. The van der Waals surface area contributed by atoms with Crippen LogP contribution in [0.25, 0.3) is 10.1 Å². The molecule has 0 radical (unpaired) electrons. The first-order valence-corrected chi connectivity index (χ1v) is 9.54. The number of fused-ring (bicyclic) bond motifs is 1. The van der Waals surface area contributed by atoms with Gasteiger partial charge in [-0.05, 0) is 49.0 Å². The average molecular weight is 436 g/mol. The van der Waals surface area contributed by atoms with E-state index in [0.717, 1.165) is 15.6 Å². The average Bonchev–Trinajstić information content (AvgIpc) is 2.98. The van der Waals surface area contributed by atoms with Crippen LogP contribution in [0.4, 0.5) is 17.1 Å². The molecule has 0 saturated carbocycles. The summed E-state index contributed by atoms with van der Waals surface area (Å²) in [6.45, 7) is 1.78. The second-order valence-corrected chi connectivity index (χ2v) is 7.64. The van der Waals surface area contributed by atoms with Crippen LogP contribution in [0.3, 0.4) is 0 Å². The Morgan fingerprint density at radius 2 is 2.00 bits per heavy atom. The third-order valence-corrected chi connectivity index (χ3v) is 5.70. The van der Waals surface area contributed by atoms with E-state index >= 15 is 0 Å². The van der Waals surface area contributed by atoms with Gasteiger partial charge in [-0.15, -0.1) is 11.3 Å². The molecule has 2 N–H and O–H groups in total. The minimum atomic E-state index is -0.496. The molecule has 0 fully saturated rings. The van der Waals surface area contributed by atoms with Crippen LogP contribution in [0.5, 0.6) is 0 Å². The summed E-state index contributed by atoms with van der Waals surface area (Å²) in [5, 5.41) is 18.3. The summed E-state index contributed by atoms with van der Waals surface area (Å²) < 4.78 is 5.51. The highest BCUT2D eigenvalue weighted by Crippen LogP contribution is 2.37. The van der Waals surface area contributed by atoms with Crippen LogP contribution in [0.2, 0.25) is 5.02 Å². The van der Waals surface area contributed by atoms with E-state index in [0.29, 0.717) is 21.3 Å². The molecule has 144 valence electrons. The Labute approximate surface area is 174 Å².